The molecule has 78 valence electrons. The van der Waals surface area contributed by atoms with Crippen LogP contribution in [0.25, 0.3) is 0 Å². The van der Waals surface area contributed by atoms with Gasteiger partial charge in [-0.1, -0.05) is 33.6 Å². The van der Waals surface area contributed by atoms with Crippen LogP contribution in [0.3, 0.4) is 0 Å². The number of aliphatic hydroxyl groups is 1. The Morgan fingerprint density at radius 1 is 1.46 bits per heavy atom. The number of unbranched alkanes of at least 4 members (excludes halogenated alkanes) is 1. The van der Waals surface area contributed by atoms with Gasteiger partial charge in [0.05, 0.1) is 5.60 Å². The monoisotopic (exact) mass is 186 g/mol. The molecule has 0 aliphatic heterocycles. The van der Waals surface area contributed by atoms with Crippen molar-refractivity contribution in [1.29, 1.82) is 0 Å². The van der Waals surface area contributed by atoms with Crippen LogP contribution in [0.15, 0.2) is 0 Å². The summed E-state index contributed by atoms with van der Waals surface area (Å²) in [6, 6.07) is 0. The fraction of sp³-hybridized carbons (Fsp3) is 0.909. The van der Waals surface area contributed by atoms with Crippen molar-refractivity contribution in [2.24, 2.45) is 5.92 Å². The molecule has 0 aliphatic rings. The predicted molar refractivity (Wildman–Crippen MR) is 54.6 cm³/mol. The Morgan fingerprint density at radius 3 is 2.38 bits per heavy atom. The molecule has 0 radical (unpaired) electrons. The van der Waals surface area contributed by atoms with Crippen LogP contribution in [0.1, 0.15) is 53.4 Å². The molecule has 0 aromatic heterocycles. The van der Waals surface area contributed by atoms with Gasteiger partial charge in [-0.05, 0) is 13.3 Å². The molecule has 0 saturated heterocycles. The van der Waals surface area contributed by atoms with Gasteiger partial charge >= 0.3 is 0 Å². The molecule has 0 bridgehead atoms. The lowest BCUT2D eigenvalue weighted by Gasteiger charge is -2.22. The second-order valence-electron chi connectivity index (χ2n) is 4.40. The van der Waals surface area contributed by atoms with Gasteiger partial charge in [-0.15, -0.1) is 0 Å². The molecule has 1 N–H and O–H groups in total. The van der Waals surface area contributed by atoms with Crippen molar-refractivity contribution in [2.45, 2.75) is 59.0 Å². The van der Waals surface area contributed by atoms with Gasteiger partial charge in [-0.2, -0.15) is 0 Å². The average Bonchev–Trinajstić information content (AvgIpc) is 2.00. The van der Waals surface area contributed by atoms with E-state index in [9.17, 15) is 9.90 Å². The van der Waals surface area contributed by atoms with E-state index in [-0.39, 0.29) is 11.7 Å². The largest absolute Gasteiger partial charge is 0.390 e. The highest BCUT2D eigenvalue weighted by Gasteiger charge is 2.24. The Labute approximate surface area is 81.3 Å². The van der Waals surface area contributed by atoms with Gasteiger partial charge in [0.2, 0.25) is 0 Å². The van der Waals surface area contributed by atoms with Gasteiger partial charge in [-0.25, -0.2) is 0 Å². The second-order valence-corrected chi connectivity index (χ2v) is 4.40. The molecule has 0 rings (SSSR count). The molecule has 1 unspecified atom stereocenters. The maximum atomic E-state index is 11.4. The lowest BCUT2D eigenvalue weighted by Crippen LogP contribution is -2.29. The zero-order valence-corrected chi connectivity index (χ0v) is 9.26. The third kappa shape index (κ3) is 5.81. The average molecular weight is 186 g/mol. The quantitative estimate of drug-likeness (QED) is 0.692. The number of carbonyl (C=O) groups is 1. The molecule has 13 heavy (non-hydrogen) atoms. The summed E-state index contributed by atoms with van der Waals surface area (Å²) in [7, 11) is 0. The highest BCUT2D eigenvalue weighted by atomic mass is 16.3. The summed E-state index contributed by atoms with van der Waals surface area (Å²) >= 11 is 0. The highest BCUT2D eigenvalue weighted by molar-refractivity contribution is 5.81. The van der Waals surface area contributed by atoms with E-state index in [1.807, 2.05) is 13.8 Å². The summed E-state index contributed by atoms with van der Waals surface area (Å²) in [6.45, 7) is 7.58. The molecule has 0 saturated carbocycles. The van der Waals surface area contributed by atoms with Gasteiger partial charge in [0, 0.05) is 12.3 Å². The van der Waals surface area contributed by atoms with Crippen molar-refractivity contribution in [1.82, 2.24) is 0 Å². The van der Waals surface area contributed by atoms with Crippen LogP contribution in [0.5, 0.6) is 0 Å². The summed E-state index contributed by atoms with van der Waals surface area (Å²) in [4.78, 5) is 11.4. The van der Waals surface area contributed by atoms with Crippen LogP contribution in [0, 0.1) is 5.92 Å². The third-order valence-corrected chi connectivity index (χ3v) is 2.27. The van der Waals surface area contributed by atoms with Crippen LogP contribution in [0.4, 0.5) is 0 Å². The van der Waals surface area contributed by atoms with Crippen LogP contribution in [0.2, 0.25) is 0 Å². The number of rotatable bonds is 6. The van der Waals surface area contributed by atoms with E-state index in [1.165, 1.54) is 0 Å². The lowest BCUT2D eigenvalue weighted by atomic mass is 9.90. The first-order valence-corrected chi connectivity index (χ1v) is 5.14. The molecular formula is C11H22O2. The number of carbonyl (C=O) groups excluding carboxylic acids is 1. The molecule has 0 aromatic rings. The SMILES string of the molecule is CCCCC(C)(O)CC(=O)C(C)C. The van der Waals surface area contributed by atoms with E-state index in [0.29, 0.717) is 6.42 Å². The second kappa shape index (κ2) is 5.38. The highest BCUT2D eigenvalue weighted by Crippen LogP contribution is 2.19. The maximum Gasteiger partial charge on any atom is 0.138 e. The summed E-state index contributed by atoms with van der Waals surface area (Å²) in [5.74, 6) is 0.189. The molecule has 0 aromatic carbocycles. The Kier molecular flexibility index (Phi) is 5.23. The fourth-order valence-corrected chi connectivity index (χ4v) is 1.23. The van der Waals surface area contributed by atoms with Gasteiger partial charge < -0.3 is 5.11 Å². The molecular weight excluding hydrogens is 164 g/mol. The van der Waals surface area contributed by atoms with E-state index < -0.39 is 5.60 Å². The van der Waals surface area contributed by atoms with Crippen molar-refractivity contribution in [3.63, 3.8) is 0 Å². The maximum absolute atomic E-state index is 11.4. The van der Waals surface area contributed by atoms with Crippen molar-refractivity contribution in [3.8, 4) is 0 Å². The topological polar surface area (TPSA) is 37.3 Å². The molecule has 0 amide bonds. The van der Waals surface area contributed by atoms with Crippen molar-refractivity contribution in [3.05, 3.63) is 0 Å². The van der Waals surface area contributed by atoms with E-state index >= 15 is 0 Å². The molecule has 0 heterocycles. The minimum atomic E-state index is -0.794. The molecule has 1 atom stereocenters. The Morgan fingerprint density at radius 2 is 2.00 bits per heavy atom. The Balaban J connectivity index is 3.93. The normalized spacial score (nSPS) is 15.8. The molecule has 0 aliphatic carbocycles. The number of ketones is 1. The zero-order valence-electron chi connectivity index (χ0n) is 9.26. The molecule has 0 spiro atoms. The van der Waals surface area contributed by atoms with Crippen LogP contribution in [-0.4, -0.2) is 16.5 Å². The number of hydrogen-bond donors (Lipinski definition) is 1. The van der Waals surface area contributed by atoms with E-state index in [2.05, 4.69) is 6.92 Å². The molecule has 2 nitrogen and oxygen atoms in total. The van der Waals surface area contributed by atoms with Crippen molar-refractivity contribution >= 4 is 5.78 Å². The van der Waals surface area contributed by atoms with E-state index in [4.69, 9.17) is 0 Å². The van der Waals surface area contributed by atoms with Gasteiger partial charge in [0.1, 0.15) is 5.78 Å². The van der Waals surface area contributed by atoms with Crippen LogP contribution in [-0.2, 0) is 4.79 Å². The van der Waals surface area contributed by atoms with Crippen LogP contribution >= 0.6 is 0 Å². The molecule has 2 heteroatoms. The predicted octanol–water partition coefficient (Wildman–Crippen LogP) is 2.54. The summed E-state index contributed by atoms with van der Waals surface area (Å²) in [5, 5.41) is 9.84. The lowest BCUT2D eigenvalue weighted by molar-refractivity contribution is -0.126. The van der Waals surface area contributed by atoms with Gasteiger partial charge in [0.25, 0.3) is 0 Å². The minimum Gasteiger partial charge on any atom is -0.390 e. The minimum absolute atomic E-state index is 0.0353. The first-order chi connectivity index (χ1) is 5.89. The first kappa shape index (κ1) is 12.6. The van der Waals surface area contributed by atoms with Crippen molar-refractivity contribution < 1.29 is 9.90 Å². The standard InChI is InChI=1S/C11H22O2/c1-5-6-7-11(4,13)8-10(12)9(2)3/h9,13H,5-8H2,1-4H3. The number of Topliss-reactive ketones (excluding diaryl/α,β-unsaturated/α-hetero) is 1. The number of hydrogen-bond acceptors (Lipinski definition) is 2. The zero-order chi connectivity index (χ0) is 10.5. The third-order valence-electron chi connectivity index (χ3n) is 2.27. The fourth-order valence-electron chi connectivity index (χ4n) is 1.23. The van der Waals surface area contributed by atoms with Gasteiger partial charge in [0.15, 0.2) is 0 Å². The van der Waals surface area contributed by atoms with E-state index in [0.717, 1.165) is 19.3 Å². The Hall–Kier alpha value is -0.370. The van der Waals surface area contributed by atoms with Gasteiger partial charge in [-0.3, -0.25) is 4.79 Å². The Bertz CT molecular complexity index is 159. The summed E-state index contributed by atoms with van der Waals surface area (Å²) < 4.78 is 0. The summed E-state index contributed by atoms with van der Waals surface area (Å²) in [5.41, 5.74) is -0.794. The summed E-state index contributed by atoms with van der Waals surface area (Å²) in [6.07, 6.45) is 3.07. The molecule has 0 fully saturated rings. The first-order valence-electron chi connectivity index (χ1n) is 5.14. The van der Waals surface area contributed by atoms with Crippen LogP contribution < -0.4 is 0 Å². The van der Waals surface area contributed by atoms with E-state index in [1.54, 1.807) is 6.92 Å². The van der Waals surface area contributed by atoms with Crippen molar-refractivity contribution in [2.75, 3.05) is 0 Å². The smallest absolute Gasteiger partial charge is 0.138 e.